The quantitative estimate of drug-likeness (QED) is 0.807. The zero-order valence-electron chi connectivity index (χ0n) is 8.05. The molecule has 0 aliphatic carbocycles. The molecule has 76 valence electrons. The normalized spacial score (nSPS) is 26.4. The van der Waals surface area contributed by atoms with E-state index in [0.717, 1.165) is 28.9 Å². The van der Waals surface area contributed by atoms with E-state index in [4.69, 9.17) is 0 Å². The van der Waals surface area contributed by atoms with Gasteiger partial charge in [0.2, 0.25) is 0 Å². The smallest absolute Gasteiger partial charge is 0.143 e. The Bertz CT molecular complexity index is 322. The van der Waals surface area contributed by atoms with Crippen LogP contribution in [-0.4, -0.2) is 28.6 Å². The Morgan fingerprint density at radius 2 is 2.50 bits per heavy atom. The van der Waals surface area contributed by atoms with Crippen LogP contribution < -0.4 is 10.6 Å². The van der Waals surface area contributed by atoms with Gasteiger partial charge >= 0.3 is 0 Å². The van der Waals surface area contributed by atoms with Gasteiger partial charge in [-0.15, -0.1) is 0 Å². The van der Waals surface area contributed by atoms with Crippen molar-refractivity contribution < 1.29 is 0 Å². The van der Waals surface area contributed by atoms with E-state index in [0.29, 0.717) is 0 Å². The molecule has 1 aliphatic heterocycles. The van der Waals surface area contributed by atoms with Crippen molar-refractivity contribution in [3.63, 3.8) is 0 Å². The highest BCUT2D eigenvalue weighted by molar-refractivity contribution is 14.1. The van der Waals surface area contributed by atoms with Crippen LogP contribution in [0.15, 0.2) is 12.5 Å². The van der Waals surface area contributed by atoms with Gasteiger partial charge in [0, 0.05) is 18.3 Å². The van der Waals surface area contributed by atoms with Gasteiger partial charge in [0.25, 0.3) is 0 Å². The molecule has 0 radical (unpaired) electrons. The second-order valence-electron chi connectivity index (χ2n) is 3.83. The highest BCUT2D eigenvalue weighted by atomic mass is 127. The summed E-state index contributed by atoms with van der Waals surface area (Å²) in [6, 6.07) is 0. The number of nitrogens with zero attached hydrogens (tertiary/aromatic N) is 2. The number of hydrogen-bond acceptors (Lipinski definition) is 4. The van der Waals surface area contributed by atoms with Crippen molar-refractivity contribution in [3.05, 3.63) is 16.1 Å². The SMILES string of the molecule is CC1(Nc2ncncc2I)CCNC1. The first-order valence-corrected chi connectivity index (χ1v) is 5.72. The van der Waals surface area contributed by atoms with Crippen molar-refractivity contribution >= 4 is 28.4 Å². The first kappa shape index (κ1) is 10.1. The van der Waals surface area contributed by atoms with Gasteiger partial charge in [0.05, 0.1) is 3.57 Å². The van der Waals surface area contributed by atoms with E-state index in [1.54, 1.807) is 6.33 Å². The average molecular weight is 304 g/mol. The summed E-state index contributed by atoms with van der Waals surface area (Å²) in [5, 5.41) is 6.81. The molecule has 0 spiro atoms. The monoisotopic (exact) mass is 304 g/mol. The van der Waals surface area contributed by atoms with Crippen LogP contribution >= 0.6 is 22.6 Å². The van der Waals surface area contributed by atoms with E-state index in [1.165, 1.54) is 0 Å². The largest absolute Gasteiger partial charge is 0.363 e. The van der Waals surface area contributed by atoms with Gasteiger partial charge < -0.3 is 10.6 Å². The van der Waals surface area contributed by atoms with E-state index in [9.17, 15) is 0 Å². The zero-order chi connectivity index (χ0) is 10.0. The molecule has 0 aromatic carbocycles. The van der Waals surface area contributed by atoms with Crippen molar-refractivity contribution in [1.29, 1.82) is 0 Å². The lowest BCUT2D eigenvalue weighted by Gasteiger charge is -2.25. The third kappa shape index (κ3) is 2.14. The number of hydrogen-bond donors (Lipinski definition) is 2. The molecule has 5 heteroatoms. The van der Waals surface area contributed by atoms with Crippen molar-refractivity contribution in [2.24, 2.45) is 0 Å². The summed E-state index contributed by atoms with van der Waals surface area (Å²) in [7, 11) is 0. The molecule has 14 heavy (non-hydrogen) atoms. The highest BCUT2D eigenvalue weighted by Crippen LogP contribution is 2.22. The van der Waals surface area contributed by atoms with Crippen LogP contribution in [0.2, 0.25) is 0 Å². The van der Waals surface area contributed by atoms with Crippen molar-refractivity contribution in [2.75, 3.05) is 18.4 Å². The Balaban J connectivity index is 2.14. The topological polar surface area (TPSA) is 49.8 Å². The predicted molar refractivity (Wildman–Crippen MR) is 64.3 cm³/mol. The summed E-state index contributed by atoms with van der Waals surface area (Å²) < 4.78 is 1.07. The molecule has 2 N–H and O–H groups in total. The molecule has 2 rings (SSSR count). The Hall–Kier alpha value is -0.430. The summed E-state index contributed by atoms with van der Waals surface area (Å²) in [6.45, 7) is 4.28. The Morgan fingerprint density at radius 3 is 3.14 bits per heavy atom. The maximum absolute atomic E-state index is 4.23. The third-order valence-electron chi connectivity index (χ3n) is 2.46. The minimum atomic E-state index is 0.133. The molecule has 0 bridgehead atoms. The Kier molecular flexibility index (Phi) is 2.87. The first-order valence-electron chi connectivity index (χ1n) is 4.64. The van der Waals surface area contributed by atoms with Crippen LogP contribution in [0.25, 0.3) is 0 Å². The number of rotatable bonds is 2. The molecule has 1 aromatic heterocycles. The molecule has 1 atom stereocenters. The predicted octanol–water partition coefficient (Wildman–Crippen LogP) is 1.25. The summed E-state index contributed by atoms with van der Waals surface area (Å²) in [6.07, 6.45) is 4.53. The minimum absolute atomic E-state index is 0.133. The molecule has 0 amide bonds. The van der Waals surface area contributed by atoms with Crippen LogP contribution in [-0.2, 0) is 0 Å². The van der Waals surface area contributed by atoms with E-state index >= 15 is 0 Å². The number of aromatic nitrogens is 2. The molecular weight excluding hydrogens is 291 g/mol. The van der Waals surface area contributed by atoms with E-state index in [-0.39, 0.29) is 5.54 Å². The maximum Gasteiger partial charge on any atom is 0.143 e. The van der Waals surface area contributed by atoms with Crippen molar-refractivity contribution in [3.8, 4) is 0 Å². The van der Waals surface area contributed by atoms with Crippen LogP contribution in [0.3, 0.4) is 0 Å². The maximum atomic E-state index is 4.23. The van der Waals surface area contributed by atoms with E-state index in [1.807, 2.05) is 6.20 Å². The fourth-order valence-electron chi connectivity index (χ4n) is 1.61. The summed E-state index contributed by atoms with van der Waals surface area (Å²) in [4.78, 5) is 8.20. The summed E-state index contributed by atoms with van der Waals surface area (Å²) in [5.41, 5.74) is 0.133. The second-order valence-corrected chi connectivity index (χ2v) is 4.99. The third-order valence-corrected chi connectivity index (χ3v) is 3.25. The van der Waals surface area contributed by atoms with Crippen molar-refractivity contribution in [1.82, 2.24) is 15.3 Å². The number of anilines is 1. The molecule has 2 heterocycles. The van der Waals surface area contributed by atoms with Gasteiger partial charge in [-0.3, -0.25) is 0 Å². The van der Waals surface area contributed by atoms with Gasteiger partial charge in [-0.2, -0.15) is 0 Å². The lowest BCUT2D eigenvalue weighted by molar-refractivity contribution is 0.563. The van der Waals surface area contributed by atoms with Gasteiger partial charge in [-0.25, -0.2) is 9.97 Å². The molecule has 0 saturated carbocycles. The lowest BCUT2D eigenvalue weighted by Crippen LogP contribution is -2.37. The lowest BCUT2D eigenvalue weighted by atomic mass is 10.0. The summed E-state index contributed by atoms with van der Waals surface area (Å²) in [5.74, 6) is 0.937. The van der Waals surface area contributed by atoms with Gasteiger partial charge in [-0.05, 0) is 42.5 Å². The van der Waals surface area contributed by atoms with Crippen LogP contribution in [0.5, 0.6) is 0 Å². The molecule has 1 unspecified atom stereocenters. The molecule has 1 aromatic rings. The molecule has 4 nitrogen and oxygen atoms in total. The van der Waals surface area contributed by atoms with Crippen LogP contribution in [0.1, 0.15) is 13.3 Å². The summed E-state index contributed by atoms with van der Waals surface area (Å²) >= 11 is 2.25. The highest BCUT2D eigenvalue weighted by Gasteiger charge is 2.28. The first-order chi connectivity index (χ1) is 6.70. The average Bonchev–Trinajstić information content (AvgIpc) is 2.57. The standard InChI is InChI=1S/C9H13IN4/c1-9(2-3-11-5-9)14-8-7(10)4-12-6-13-8/h4,6,11H,2-3,5H2,1H3,(H,12,13,14). The van der Waals surface area contributed by atoms with E-state index in [2.05, 4.69) is 50.1 Å². The van der Waals surface area contributed by atoms with Crippen molar-refractivity contribution in [2.45, 2.75) is 18.9 Å². The van der Waals surface area contributed by atoms with Gasteiger partial charge in [0.15, 0.2) is 0 Å². The number of nitrogens with one attached hydrogen (secondary N) is 2. The molecule has 1 saturated heterocycles. The fourth-order valence-corrected chi connectivity index (χ4v) is 2.05. The molecule has 1 aliphatic rings. The van der Waals surface area contributed by atoms with Crippen LogP contribution in [0.4, 0.5) is 5.82 Å². The van der Waals surface area contributed by atoms with E-state index < -0.39 is 0 Å². The molecule has 1 fully saturated rings. The second kappa shape index (κ2) is 3.98. The van der Waals surface area contributed by atoms with Gasteiger partial charge in [0.1, 0.15) is 12.1 Å². The minimum Gasteiger partial charge on any atom is -0.363 e. The number of halogens is 1. The Labute approximate surface area is 97.1 Å². The Morgan fingerprint density at radius 1 is 1.64 bits per heavy atom. The van der Waals surface area contributed by atoms with Crippen LogP contribution in [0, 0.1) is 3.57 Å². The van der Waals surface area contributed by atoms with Gasteiger partial charge in [-0.1, -0.05) is 0 Å². The zero-order valence-corrected chi connectivity index (χ0v) is 10.2. The molecular formula is C9H13IN4. The fraction of sp³-hybridized carbons (Fsp3) is 0.556.